The molecule has 4 nitrogen and oxygen atoms in total. The highest BCUT2D eigenvalue weighted by Gasteiger charge is 2.30. The fourth-order valence-electron chi connectivity index (χ4n) is 1.86. The summed E-state index contributed by atoms with van der Waals surface area (Å²) in [6.45, 7) is 2.29. The van der Waals surface area contributed by atoms with Crippen LogP contribution >= 0.6 is 11.8 Å². The predicted molar refractivity (Wildman–Crippen MR) is 73.3 cm³/mol. The number of amides is 1. The Bertz CT molecular complexity index is 587. The maximum atomic E-state index is 12.3. The van der Waals surface area contributed by atoms with Crippen LogP contribution in [0.2, 0.25) is 0 Å². The molecule has 0 saturated carbocycles. The summed E-state index contributed by atoms with van der Waals surface area (Å²) < 4.78 is 0. The van der Waals surface area contributed by atoms with E-state index in [9.17, 15) is 14.9 Å². The first kappa shape index (κ1) is 13.4. The second kappa shape index (κ2) is 5.72. The molecule has 1 aliphatic rings. The van der Waals surface area contributed by atoms with Crippen LogP contribution in [0.25, 0.3) is 0 Å². The maximum absolute atomic E-state index is 12.3. The molecule has 1 aromatic rings. The van der Waals surface area contributed by atoms with Gasteiger partial charge in [0.1, 0.15) is 16.7 Å². The lowest BCUT2D eigenvalue weighted by molar-refractivity contribution is -0.125. The van der Waals surface area contributed by atoms with Crippen LogP contribution in [-0.2, 0) is 4.79 Å². The van der Waals surface area contributed by atoms with E-state index in [2.05, 4.69) is 0 Å². The van der Waals surface area contributed by atoms with Gasteiger partial charge >= 0.3 is 0 Å². The zero-order valence-electron chi connectivity index (χ0n) is 10.4. The third-order valence-electron chi connectivity index (χ3n) is 2.78. The van der Waals surface area contributed by atoms with Gasteiger partial charge in [-0.2, -0.15) is 5.26 Å². The van der Waals surface area contributed by atoms with Crippen molar-refractivity contribution in [1.82, 2.24) is 4.90 Å². The van der Waals surface area contributed by atoms with Crippen LogP contribution < -0.4 is 0 Å². The monoisotopic (exact) mass is 272 g/mol. The number of allylic oxidation sites excluding steroid dienone is 1. The van der Waals surface area contributed by atoms with Crippen LogP contribution in [0.4, 0.5) is 0 Å². The summed E-state index contributed by atoms with van der Waals surface area (Å²) in [4.78, 5) is 25.4. The van der Waals surface area contributed by atoms with Gasteiger partial charge in [0, 0.05) is 12.1 Å². The van der Waals surface area contributed by atoms with E-state index in [4.69, 9.17) is 0 Å². The minimum atomic E-state index is -0.334. The highest BCUT2D eigenvalue weighted by molar-refractivity contribution is 8.04. The Morgan fingerprint density at radius 1 is 1.42 bits per heavy atom. The largest absolute Gasteiger partial charge is 0.305 e. The molecule has 0 N–H and O–H groups in total. The van der Waals surface area contributed by atoms with Crippen molar-refractivity contribution >= 4 is 23.5 Å². The quantitative estimate of drug-likeness (QED) is 0.481. The molecule has 1 aliphatic heterocycles. The van der Waals surface area contributed by atoms with Crippen molar-refractivity contribution < 1.29 is 9.59 Å². The molecular weight excluding hydrogens is 260 g/mol. The van der Waals surface area contributed by atoms with E-state index in [1.54, 1.807) is 24.3 Å². The molecule has 2 rings (SSSR count). The number of Topliss-reactive ketones (excluding diaryl/α,β-unsaturated/α-hetero) is 1. The third-order valence-corrected chi connectivity index (χ3v) is 3.87. The lowest BCUT2D eigenvalue weighted by atomic mass is 10.1. The highest BCUT2D eigenvalue weighted by Crippen LogP contribution is 2.32. The summed E-state index contributed by atoms with van der Waals surface area (Å²) in [7, 11) is 0. The SMILES string of the molecule is CCN1C(=O)CSC1=C(C#N)C(=O)c1ccccc1. The van der Waals surface area contributed by atoms with Crippen LogP contribution in [-0.4, -0.2) is 28.9 Å². The van der Waals surface area contributed by atoms with Crippen molar-refractivity contribution in [1.29, 1.82) is 5.26 Å². The lowest BCUT2D eigenvalue weighted by Crippen LogP contribution is -2.25. The molecule has 1 fully saturated rings. The van der Waals surface area contributed by atoms with Gasteiger partial charge < -0.3 is 4.90 Å². The molecule has 0 aromatic heterocycles. The van der Waals surface area contributed by atoms with Crippen molar-refractivity contribution in [3.8, 4) is 6.07 Å². The topological polar surface area (TPSA) is 61.2 Å². The van der Waals surface area contributed by atoms with Crippen LogP contribution in [0.15, 0.2) is 40.9 Å². The summed E-state index contributed by atoms with van der Waals surface area (Å²) in [6, 6.07) is 10.6. The second-order valence-electron chi connectivity index (χ2n) is 3.91. The van der Waals surface area contributed by atoms with E-state index in [-0.39, 0.29) is 23.0 Å². The fourth-order valence-corrected chi connectivity index (χ4v) is 2.94. The number of carbonyl (C=O) groups is 2. The first-order valence-electron chi connectivity index (χ1n) is 5.86. The van der Waals surface area contributed by atoms with Gasteiger partial charge in [0.25, 0.3) is 0 Å². The molecule has 1 amide bonds. The van der Waals surface area contributed by atoms with E-state index in [1.165, 1.54) is 16.7 Å². The highest BCUT2D eigenvalue weighted by atomic mass is 32.2. The zero-order valence-corrected chi connectivity index (χ0v) is 11.2. The molecule has 1 heterocycles. The average molecular weight is 272 g/mol. The Hall–Kier alpha value is -2.06. The van der Waals surface area contributed by atoms with Gasteiger partial charge in [0.15, 0.2) is 0 Å². The van der Waals surface area contributed by atoms with Crippen LogP contribution in [0, 0.1) is 11.3 Å². The van der Waals surface area contributed by atoms with Crippen molar-refractivity contribution in [3.05, 3.63) is 46.5 Å². The Balaban J connectivity index is 2.43. The number of hydrogen-bond donors (Lipinski definition) is 0. The molecule has 19 heavy (non-hydrogen) atoms. The number of nitrogens with zero attached hydrogens (tertiary/aromatic N) is 2. The standard InChI is InChI=1S/C14H12N2O2S/c1-2-16-12(17)9-19-14(16)11(8-15)13(18)10-6-4-3-5-7-10/h3-7H,2,9H2,1H3. The van der Waals surface area contributed by atoms with Gasteiger partial charge in [0.2, 0.25) is 11.7 Å². The zero-order chi connectivity index (χ0) is 13.8. The molecule has 96 valence electrons. The number of carbonyl (C=O) groups excluding carboxylic acids is 2. The van der Waals surface area contributed by atoms with E-state index in [0.717, 1.165) is 0 Å². The number of benzene rings is 1. The maximum Gasteiger partial charge on any atom is 0.237 e. The van der Waals surface area contributed by atoms with E-state index >= 15 is 0 Å². The van der Waals surface area contributed by atoms with Gasteiger partial charge in [-0.05, 0) is 6.92 Å². The summed E-state index contributed by atoms with van der Waals surface area (Å²) >= 11 is 1.25. The van der Waals surface area contributed by atoms with Crippen molar-refractivity contribution in [2.75, 3.05) is 12.3 Å². The third kappa shape index (κ3) is 2.54. The van der Waals surface area contributed by atoms with Gasteiger partial charge in [-0.25, -0.2) is 0 Å². The first-order valence-corrected chi connectivity index (χ1v) is 6.85. The molecule has 0 unspecified atom stereocenters. The van der Waals surface area contributed by atoms with Gasteiger partial charge in [-0.15, -0.1) is 0 Å². The van der Waals surface area contributed by atoms with Crippen molar-refractivity contribution in [3.63, 3.8) is 0 Å². The number of rotatable bonds is 3. The minimum absolute atomic E-state index is 0.0453. The van der Waals surface area contributed by atoms with E-state index < -0.39 is 0 Å². The summed E-state index contributed by atoms with van der Waals surface area (Å²) in [5, 5.41) is 9.71. The van der Waals surface area contributed by atoms with Crippen LogP contribution in [0.5, 0.6) is 0 Å². The van der Waals surface area contributed by atoms with Gasteiger partial charge in [-0.1, -0.05) is 42.1 Å². The average Bonchev–Trinajstić information content (AvgIpc) is 2.81. The molecular formula is C14H12N2O2S. The molecule has 5 heteroatoms. The lowest BCUT2D eigenvalue weighted by Gasteiger charge is -2.15. The van der Waals surface area contributed by atoms with Crippen LogP contribution in [0.3, 0.4) is 0 Å². The minimum Gasteiger partial charge on any atom is -0.305 e. The first-order chi connectivity index (χ1) is 9.19. The number of hydrogen-bond acceptors (Lipinski definition) is 4. The molecule has 0 radical (unpaired) electrons. The molecule has 0 bridgehead atoms. The number of ketones is 1. The predicted octanol–water partition coefficient (Wildman–Crippen LogP) is 2.20. The smallest absolute Gasteiger partial charge is 0.237 e. The number of thioether (sulfide) groups is 1. The summed E-state index contributed by atoms with van der Waals surface area (Å²) in [6.07, 6.45) is 0. The Kier molecular flexibility index (Phi) is 4.03. The van der Waals surface area contributed by atoms with Crippen molar-refractivity contribution in [2.45, 2.75) is 6.92 Å². The van der Waals surface area contributed by atoms with E-state index in [1.807, 2.05) is 19.1 Å². The number of nitriles is 1. The molecule has 0 aliphatic carbocycles. The van der Waals surface area contributed by atoms with E-state index in [0.29, 0.717) is 17.1 Å². The summed E-state index contributed by atoms with van der Waals surface area (Å²) in [5.41, 5.74) is 0.506. The Morgan fingerprint density at radius 2 is 2.11 bits per heavy atom. The Labute approximate surface area is 115 Å². The van der Waals surface area contributed by atoms with Gasteiger partial charge in [0.05, 0.1) is 5.75 Å². The van der Waals surface area contributed by atoms with Crippen LogP contribution in [0.1, 0.15) is 17.3 Å². The molecule has 0 spiro atoms. The second-order valence-corrected chi connectivity index (χ2v) is 4.88. The summed E-state index contributed by atoms with van der Waals surface area (Å²) in [5.74, 6) is -0.106. The molecule has 0 atom stereocenters. The Morgan fingerprint density at radius 3 is 2.68 bits per heavy atom. The fraction of sp³-hybridized carbons (Fsp3) is 0.214. The molecule has 1 saturated heterocycles. The normalized spacial score (nSPS) is 17.3. The van der Waals surface area contributed by atoms with Crippen molar-refractivity contribution in [2.24, 2.45) is 0 Å². The van der Waals surface area contributed by atoms with Gasteiger partial charge in [-0.3, -0.25) is 9.59 Å². The molecule has 1 aromatic carbocycles.